The van der Waals surface area contributed by atoms with Gasteiger partial charge in [0.1, 0.15) is 5.75 Å². The third-order valence-corrected chi connectivity index (χ3v) is 3.83. The molecule has 2 rings (SSSR count). The zero-order valence-electron chi connectivity index (χ0n) is 12.3. The van der Waals surface area contributed by atoms with E-state index in [-0.39, 0.29) is 5.91 Å². The minimum Gasteiger partial charge on any atom is -0.494 e. The number of rotatable bonds is 6. The van der Waals surface area contributed by atoms with Gasteiger partial charge in [-0.25, -0.2) is 0 Å². The van der Waals surface area contributed by atoms with E-state index in [0.717, 1.165) is 16.3 Å². The van der Waals surface area contributed by atoms with Crippen LogP contribution >= 0.6 is 11.8 Å². The van der Waals surface area contributed by atoms with Gasteiger partial charge in [-0.1, -0.05) is 23.8 Å². The topological polar surface area (TPSA) is 38.3 Å². The normalized spacial score (nSPS) is 10.2. The standard InChI is InChI=1S/C17H19NO2S/c1-3-20-15-6-4-5-14(11-15)18-17(19)12-21-16-9-7-13(2)8-10-16/h4-11H,3,12H2,1-2H3,(H,18,19). The van der Waals surface area contributed by atoms with Crippen molar-refractivity contribution in [3.63, 3.8) is 0 Å². The van der Waals surface area contributed by atoms with E-state index in [1.807, 2.05) is 62.4 Å². The van der Waals surface area contributed by atoms with Gasteiger partial charge < -0.3 is 10.1 Å². The van der Waals surface area contributed by atoms with E-state index in [1.165, 1.54) is 17.3 Å². The summed E-state index contributed by atoms with van der Waals surface area (Å²) in [4.78, 5) is 13.0. The molecule has 0 spiro atoms. The maximum Gasteiger partial charge on any atom is 0.234 e. The lowest BCUT2D eigenvalue weighted by Gasteiger charge is -2.08. The Morgan fingerprint density at radius 3 is 2.67 bits per heavy atom. The summed E-state index contributed by atoms with van der Waals surface area (Å²) < 4.78 is 5.41. The molecule has 0 saturated heterocycles. The lowest BCUT2D eigenvalue weighted by Crippen LogP contribution is -2.13. The summed E-state index contributed by atoms with van der Waals surface area (Å²) in [7, 11) is 0. The Balaban J connectivity index is 1.86. The van der Waals surface area contributed by atoms with Crippen molar-refractivity contribution in [2.75, 3.05) is 17.7 Å². The molecule has 0 atom stereocenters. The van der Waals surface area contributed by atoms with Gasteiger partial charge >= 0.3 is 0 Å². The Bertz CT molecular complexity index is 596. The molecule has 1 N–H and O–H groups in total. The summed E-state index contributed by atoms with van der Waals surface area (Å²) in [5.74, 6) is 1.14. The summed E-state index contributed by atoms with van der Waals surface area (Å²) in [5.41, 5.74) is 1.98. The Morgan fingerprint density at radius 1 is 1.19 bits per heavy atom. The van der Waals surface area contributed by atoms with E-state index in [1.54, 1.807) is 0 Å². The first-order chi connectivity index (χ1) is 10.2. The predicted octanol–water partition coefficient (Wildman–Crippen LogP) is 4.12. The molecule has 110 valence electrons. The maximum absolute atomic E-state index is 11.9. The molecule has 4 heteroatoms. The fraction of sp³-hybridized carbons (Fsp3) is 0.235. The van der Waals surface area contributed by atoms with E-state index in [2.05, 4.69) is 5.32 Å². The van der Waals surface area contributed by atoms with Crippen LogP contribution in [0.4, 0.5) is 5.69 Å². The van der Waals surface area contributed by atoms with E-state index < -0.39 is 0 Å². The van der Waals surface area contributed by atoms with Crippen molar-refractivity contribution in [3.05, 3.63) is 54.1 Å². The first-order valence-corrected chi connectivity index (χ1v) is 7.88. The van der Waals surface area contributed by atoms with Crippen LogP contribution in [-0.4, -0.2) is 18.3 Å². The van der Waals surface area contributed by atoms with E-state index in [0.29, 0.717) is 12.4 Å². The number of anilines is 1. The molecule has 0 aliphatic carbocycles. The summed E-state index contributed by atoms with van der Waals surface area (Å²) in [5, 5.41) is 2.88. The molecule has 0 aliphatic rings. The second kappa shape index (κ2) is 7.74. The Morgan fingerprint density at radius 2 is 1.95 bits per heavy atom. The van der Waals surface area contributed by atoms with Crippen LogP contribution in [-0.2, 0) is 4.79 Å². The lowest BCUT2D eigenvalue weighted by atomic mass is 10.2. The van der Waals surface area contributed by atoms with Crippen LogP contribution in [0.25, 0.3) is 0 Å². The smallest absolute Gasteiger partial charge is 0.234 e. The molecular formula is C17H19NO2S. The molecule has 0 aromatic heterocycles. The third kappa shape index (κ3) is 5.16. The Hall–Kier alpha value is -1.94. The third-order valence-electron chi connectivity index (χ3n) is 2.82. The number of ether oxygens (including phenoxy) is 1. The molecule has 0 bridgehead atoms. The molecule has 2 aromatic carbocycles. The highest BCUT2D eigenvalue weighted by Crippen LogP contribution is 2.20. The molecule has 21 heavy (non-hydrogen) atoms. The largest absolute Gasteiger partial charge is 0.494 e. The number of nitrogens with one attached hydrogen (secondary N) is 1. The molecule has 0 radical (unpaired) electrons. The van der Waals surface area contributed by atoms with Crippen molar-refractivity contribution in [2.45, 2.75) is 18.7 Å². The molecule has 0 unspecified atom stereocenters. The molecular weight excluding hydrogens is 282 g/mol. The SMILES string of the molecule is CCOc1cccc(NC(=O)CSc2ccc(C)cc2)c1. The second-order valence-electron chi connectivity index (χ2n) is 4.61. The fourth-order valence-electron chi connectivity index (χ4n) is 1.81. The molecule has 2 aromatic rings. The van der Waals surface area contributed by atoms with Crippen molar-refractivity contribution >= 4 is 23.4 Å². The van der Waals surface area contributed by atoms with Crippen LogP contribution in [0.3, 0.4) is 0 Å². The van der Waals surface area contributed by atoms with Gasteiger partial charge in [-0.05, 0) is 38.1 Å². The zero-order chi connectivity index (χ0) is 15.1. The number of carbonyl (C=O) groups is 1. The number of carbonyl (C=O) groups excluding carboxylic acids is 1. The summed E-state index contributed by atoms with van der Waals surface area (Å²) in [6.07, 6.45) is 0. The number of aryl methyl sites for hydroxylation is 1. The van der Waals surface area contributed by atoms with Crippen LogP contribution < -0.4 is 10.1 Å². The Kier molecular flexibility index (Phi) is 5.69. The fourth-order valence-corrected chi connectivity index (χ4v) is 2.51. The van der Waals surface area contributed by atoms with Crippen LogP contribution in [0.15, 0.2) is 53.4 Å². The van der Waals surface area contributed by atoms with Gasteiger partial charge in [0.2, 0.25) is 5.91 Å². The van der Waals surface area contributed by atoms with E-state index >= 15 is 0 Å². The molecule has 0 saturated carbocycles. The zero-order valence-corrected chi connectivity index (χ0v) is 13.1. The second-order valence-corrected chi connectivity index (χ2v) is 5.66. The number of benzene rings is 2. The first-order valence-electron chi connectivity index (χ1n) is 6.89. The molecule has 1 amide bonds. The highest BCUT2D eigenvalue weighted by Gasteiger charge is 2.04. The van der Waals surface area contributed by atoms with Crippen molar-refractivity contribution < 1.29 is 9.53 Å². The predicted molar refractivity (Wildman–Crippen MR) is 88.1 cm³/mol. The summed E-state index contributed by atoms with van der Waals surface area (Å²) in [6.45, 7) is 4.59. The van der Waals surface area contributed by atoms with Gasteiger partial charge in [-0.15, -0.1) is 11.8 Å². The van der Waals surface area contributed by atoms with Gasteiger partial charge in [0.15, 0.2) is 0 Å². The average Bonchev–Trinajstić information content (AvgIpc) is 2.47. The van der Waals surface area contributed by atoms with Gasteiger partial charge in [-0.2, -0.15) is 0 Å². The maximum atomic E-state index is 11.9. The average molecular weight is 301 g/mol. The van der Waals surface area contributed by atoms with Gasteiger partial charge in [-0.3, -0.25) is 4.79 Å². The molecule has 3 nitrogen and oxygen atoms in total. The molecule has 0 fully saturated rings. The lowest BCUT2D eigenvalue weighted by molar-refractivity contribution is -0.113. The van der Waals surface area contributed by atoms with Gasteiger partial charge in [0.05, 0.1) is 12.4 Å². The van der Waals surface area contributed by atoms with Crippen molar-refractivity contribution in [1.29, 1.82) is 0 Å². The highest BCUT2D eigenvalue weighted by atomic mass is 32.2. The summed E-state index contributed by atoms with van der Waals surface area (Å²) >= 11 is 1.53. The number of thioether (sulfide) groups is 1. The summed E-state index contributed by atoms with van der Waals surface area (Å²) in [6, 6.07) is 15.6. The van der Waals surface area contributed by atoms with Gasteiger partial charge in [0.25, 0.3) is 0 Å². The number of hydrogen-bond donors (Lipinski definition) is 1. The number of amides is 1. The van der Waals surface area contributed by atoms with Crippen molar-refractivity contribution in [1.82, 2.24) is 0 Å². The van der Waals surface area contributed by atoms with Crippen molar-refractivity contribution in [2.24, 2.45) is 0 Å². The van der Waals surface area contributed by atoms with E-state index in [4.69, 9.17) is 4.74 Å². The quantitative estimate of drug-likeness (QED) is 0.815. The van der Waals surface area contributed by atoms with Crippen LogP contribution in [0, 0.1) is 6.92 Å². The van der Waals surface area contributed by atoms with E-state index in [9.17, 15) is 4.79 Å². The number of hydrogen-bond acceptors (Lipinski definition) is 3. The molecule has 0 aliphatic heterocycles. The van der Waals surface area contributed by atoms with Crippen molar-refractivity contribution in [3.8, 4) is 5.75 Å². The highest BCUT2D eigenvalue weighted by molar-refractivity contribution is 8.00. The minimum absolute atomic E-state index is 0.0192. The van der Waals surface area contributed by atoms with Crippen LogP contribution in [0.5, 0.6) is 5.75 Å². The van der Waals surface area contributed by atoms with Crippen LogP contribution in [0.1, 0.15) is 12.5 Å². The first kappa shape index (κ1) is 15.4. The minimum atomic E-state index is -0.0192. The van der Waals surface area contributed by atoms with Crippen LogP contribution in [0.2, 0.25) is 0 Å². The Labute approximate surface area is 129 Å². The monoisotopic (exact) mass is 301 g/mol. The molecule has 0 heterocycles. The van der Waals surface area contributed by atoms with Gasteiger partial charge in [0, 0.05) is 16.6 Å².